The van der Waals surface area contributed by atoms with E-state index in [1.54, 1.807) is 19.2 Å². The Morgan fingerprint density at radius 3 is 2.71 bits per heavy atom. The average molecular weight is 248 g/mol. The van der Waals surface area contributed by atoms with Gasteiger partial charge in [-0.25, -0.2) is 9.97 Å². The SMILES string of the molecule is Cc1ccc(NC(=O)c2sc(N)nc2C)nc1. The third-order valence-electron chi connectivity index (χ3n) is 2.17. The molecule has 0 atom stereocenters. The minimum atomic E-state index is -0.229. The minimum absolute atomic E-state index is 0.229. The molecule has 0 spiro atoms. The van der Waals surface area contributed by atoms with E-state index in [0.717, 1.165) is 5.56 Å². The Morgan fingerprint density at radius 2 is 2.18 bits per heavy atom. The first-order valence-corrected chi connectivity index (χ1v) is 5.85. The smallest absolute Gasteiger partial charge is 0.268 e. The number of hydrogen-bond donors (Lipinski definition) is 2. The van der Waals surface area contributed by atoms with Gasteiger partial charge in [0.25, 0.3) is 5.91 Å². The van der Waals surface area contributed by atoms with Gasteiger partial charge < -0.3 is 11.1 Å². The van der Waals surface area contributed by atoms with Crippen molar-refractivity contribution in [2.75, 3.05) is 11.1 Å². The molecule has 5 nitrogen and oxygen atoms in total. The summed E-state index contributed by atoms with van der Waals surface area (Å²) in [6.45, 7) is 3.69. The van der Waals surface area contributed by atoms with Crippen LogP contribution in [0.5, 0.6) is 0 Å². The number of anilines is 2. The lowest BCUT2D eigenvalue weighted by Gasteiger charge is -2.02. The molecule has 0 saturated heterocycles. The highest BCUT2D eigenvalue weighted by Gasteiger charge is 2.14. The first kappa shape index (κ1) is 11.5. The van der Waals surface area contributed by atoms with E-state index in [0.29, 0.717) is 21.5 Å². The maximum absolute atomic E-state index is 11.9. The zero-order valence-corrected chi connectivity index (χ0v) is 10.3. The lowest BCUT2D eigenvalue weighted by molar-refractivity contribution is 0.102. The minimum Gasteiger partial charge on any atom is -0.375 e. The van der Waals surface area contributed by atoms with Gasteiger partial charge in [-0.15, -0.1) is 0 Å². The summed E-state index contributed by atoms with van der Waals surface area (Å²) in [6, 6.07) is 3.64. The van der Waals surface area contributed by atoms with Gasteiger partial charge in [-0.2, -0.15) is 0 Å². The van der Waals surface area contributed by atoms with Gasteiger partial charge in [0.05, 0.1) is 5.69 Å². The standard InChI is InChI=1S/C11H12N4OS/c1-6-3-4-8(13-5-6)15-10(16)9-7(2)14-11(12)17-9/h3-5H,1-2H3,(H2,12,14)(H,13,15,16). The van der Waals surface area contributed by atoms with Crippen LogP contribution < -0.4 is 11.1 Å². The molecule has 0 radical (unpaired) electrons. The summed E-state index contributed by atoms with van der Waals surface area (Å²) in [4.78, 5) is 20.5. The van der Waals surface area contributed by atoms with Crippen LogP contribution in [0.25, 0.3) is 0 Å². The number of carbonyl (C=O) groups excluding carboxylic acids is 1. The number of nitrogens with one attached hydrogen (secondary N) is 1. The Kier molecular flexibility index (Phi) is 3.06. The fourth-order valence-corrected chi connectivity index (χ4v) is 2.07. The van der Waals surface area contributed by atoms with E-state index >= 15 is 0 Å². The molecule has 2 rings (SSSR count). The van der Waals surface area contributed by atoms with Gasteiger partial charge in [-0.05, 0) is 25.5 Å². The monoisotopic (exact) mass is 248 g/mol. The molecule has 2 aromatic heterocycles. The van der Waals surface area contributed by atoms with Crippen LogP contribution in [0, 0.1) is 13.8 Å². The summed E-state index contributed by atoms with van der Waals surface area (Å²) >= 11 is 1.17. The number of nitrogen functional groups attached to an aromatic ring is 1. The molecule has 0 aliphatic carbocycles. The molecule has 0 unspecified atom stereocenters. The third-order valence-corrected chi connectivity index (χ3v) is 3.16. The van der Waals surface area contributed by atoms with Crippen molar-refractivity contribution in [2.24, 2.45) is 0 Å². The molecule has 0 fully saturated rings. The van der Waals surface area contributed by atoms with Crippen molar-refractivity contribution < 1.29 is 4.79 Å². The van der Waals surface area contributed by atoms with Crippen LogP contribution in [0.1, 0.15) is 20.9 Å². The summed E-state index contributed by atoms with van der Waals surface area (Å²) in [5.74, 6) is 0.292. The quantitative estimate of drug-likeness (QED) is 0.851. The Labute approximate surface area is 103 Å². The Morgan fingerprint density at radius 1 is 1.41 bits per heavy atom. The lowest BCUT2D eigenvalue weighted by atomic mass is 10.3. The van der Waals surface area contributed by atoms with Gasteiger partial charge in [-0.1, -0.05) is 17.4 Å². The second-order valence-corrected chi connectivity index (χ2v) is 4.67. The number of aryl methyl sites for hydroxylation is 2. The summed E-state index contributed by atoms with van der Waals surface area (Å²) < 4.78 is 0. The molecule has 1 amide bonds. The van der Waals surface area contributed by atoms with Crippen molar-refractivity contribution in [3.63, 3.8) is 0 Å². The molecule has 0 aliphatic rings. The number of thiazole rings is 1. The zero-order chi connectivity index (χ0) is 12.4. The van der Waals surface area contributed by atoms with Crippen LogP contribution in [-0.2, 0) is 0 Å². The normalized spacial score (nSPS) is 10.2. The number of pyridine rings is 1. The predicted octanol–water partition coefficient (Wildman–Crippen LogP) is 1.99. The van der Waals surface area contributed by atoms with E-state index in [1.165, 1.54) is 11.3 Å². The van der Waals surface area contributed by atoms with E-state index in [-0.39, 0.29) is 5.91 Å². The van der Waals surface area contributed by atoms with Gasteiger partial charge in [-0.3, -0.25) is 4.79 Å². The van der Waals surface area contributed by atoms with Gasteiger partial charge >= 0.3 is 0 Å². The molecule has 0 saturated carbocycles. The van der Waals surface area contributed by atoms with E-state index in [4.69, 9.17) is 5.73 Å². The van der Waals surface area contributed by atoms with Crippen LogP contribution >= 0.6 is 11.3 Å². The number of hydrogen-bond acceptors (Lipinski definition) is 5. The Bertz CT molecular complexity index is 547. The Hall–Kier alpha value is -1.95. The van der Waals surface area contributed by atoms with Crippen molar-refractivity contribution in [1.29, 1.82) is 0 Å². The maximum Gasteiger partial charge on any atom is 0.268 e. The molecule has 0 aromatic carbocycles. The van der Waals surface area contributed by atoms with Crippen molar-refractivity contribution in [3.05, 3.63) is 34.5 Å². The van der Waals surface area contributed by atoms with Gasteiger partial charge in [0.2, 0.25) is 0 Å². The first-order valence-electron chi connectivity index (χ1n) is 5.03. The van der Waals surface area contributed by atoms with Crippen LogP contribution in [0.4, 0.5) is 10.9 Å². The van der Waals surface area contributed by atoms with Gasteiger partial charge in [0, 0.05) is 6.20 Å². The van der Waals surface area contributed by atoms with Crippen molar-refractivity contribution in [1.82, 2.24) is 9.97 Å². The molecule has 6 heteroatoms. The Balaban J connectivity index is 2.17. The van der Waals surface area contributed by atoms with Gasteiger partial charge in [0.1, 0.15) is 10.7 Å². The van der Waals surface area contributed by atoms with E-state index in [1.807, 2.05) is 13.0 Å². The maximum atomic E-state index is 11.9. The van der Waals surface area contributed by atoms with Crippen molar-refractivity contribution in [3.8, 4) is 0 Å². The number of nitrogens with zero attached hydrogens (tertiary/aromatic N) is 2. The number of aromatic nitrogens is 2. The molecule has 0 aliphatic heterocycles. The fourth-order valence-electron chi connectivity index (χ4n) is 1.34. The second-order valence-electron chi connectivity index (χ2n) is 3.64. The largest absolute Gasteiger partial charge is 0.375 e. The summed E-state index contributed by atoms with van der Waals surface area (Å²) in [6.07, 6.45) is 1.70. The summed E-state index contributed by atoms with van der Waals surface area (Å²) in [5, 5.41) is 3.10. The van der Waals surface area contributed by atoms with E-state index in [2.05, 4.69) is 15.3 Å². The number of carbonyl (C=O) groups is 1. The zero-order valence-electron chi connectivity index (χ0n) is 9.52. The molecule has 0 bridgehead atoms. The topological polar surface area (TPSA) is 80.9 Å². The lowest BCUT2D eigenvalue weighted by Crippen LogP contribution is -2.12. The molecule has 2 heterocycles. The third kappa shape index (κ3) is 2.59. The summed E-state index contributed by atoms with van der Waals surface area (Å²) in [7, 11) is 0. The van der Waals surface area contributed by atoms with Crippen LogP contribution in [0.15, 0.2) is 18.3 Å². The number of amides is 1. The van der Waals surface area contributed by atoms with Crippen LogP contribution in [0.3, 0.4) is 0 Å². The molecular weight excluding hydrogens is 236 g/mol. The molecule has 17 heavy (non-hydrogen) atoms. The number of nitrogens with two attached hydrogens (primary N) is 1. The first-order chi connectivity index (χ1) is 8.06. The highest BCUT2D eigenvalue weighted by molar-refractivity contribution is 7.17. The molecule has 2 aromatic rings. The van der Waals surface area contributed by atoms with Crippen LogP contribution in [0.2, 0.25) is 0 Å². The van der Waals surface area contributed by atoms with Crippen LogP contribution in [-0.4, -0.2) is 15.9 Å². The fraction of sp³-hybridized carbons (Fsp3) is 0.182. The van der Waals surface area contributed by atoms with Crippen molar-refractivity contribution >= 4 is 28.2 Å². The van der Waals surface area contributed by atoms with Crippen molar-refractivity contribution in [2.45, 2.75) is 13.8 Å². The highest BCUT2D eigenvalue weighted by Crippen LogP contribution is 2.20. The van der Waals surface area contributed by atoms with Gasteiger partial charge in [0.15, 0.2) is 5.13 Å². The molecule has 88 valence electrons. The van der Waals surface area contributed by atoms with E-state index in [9.17, 15) is 4.79 Å². The highest BCUT2D eigenvalue weighted by atomic mass is 32.1. The summed E-state index contributed by atoms with van der Waals surface area (Å²) in [5.41, 5.74) is 7.22. The molecule has 3 N–H and O–H groups in total. The molecular formula is C11H12N4OS. The number of rotatable bonds is 2. The second kappa shape index (κ2) is 4.50. The van der Waals surface area contributed by atoms with E-state index < -0.39 is 0 Å². The average Bonchev–Trinajstić information content (AvgIpc) is 2.61. The predicted molar refractivity (Wildman–Crippen MR) is 68.2 cm³/mol.